The second-order valence-electron chi connectivity index (χ2n) is 6.57. The Bertz CT molecular complexity index is 1040. The van der Waals surface area contributed by atoms with Gasteiger partial charge in [-0.2, -0.15) is 0 Å². The van der Waals surface area contributed by atoms with Gasteiger partial charge in [0.05, 0.1) is 0 Å². The largest absolute Gasteiger partial charge is 0.472 e. The smallest absolute Gasteiger partial charge is 0.276 e. The molecule has 4 rings (SSSR count). The topological polar surface area (TPSA) is 79.8 Å². The first-order chi connectivity index (χ1) is 14.2. The molecule has 1 aliphatic heterocycles. The van der Waals surface area contributed by atoms with E-state index in [-0.39, 0.29) is 23.6 Å². The number of aliphatic imine (C=N–C) groups is 1. The van der Waals surface area contributed by atoms with Gasteiger partial charge < -0.3 is 15.4 Å². The minimum Gasteiger partial charge on any atom is -0.472 e. The van der Waals surface area contributed by atoms with E-state index in [1.807, 2.05) is 54.6 Å². The fourth-order valence-electron chi connectivity index (χ4n) is 2.98. The van der Waals surface area contributed by atoms with Crippen LogP contribution in [0.15, 0.2) is 96.0 Å². The predicted molar refractivity (Wildman–Crippen MR) is 121 cm³/mol. The van der Waals surface area contributed by atoms with E-state index in [1.165, 1.54) is 0 Å². The third-order valence-corrected chi connectivity index (χ3v) is 4.49. The fraction of sp³-hybridized carbons (Fsp3) is 0.0870. The molecular formula is C23H20BrN3O3. The summed E-state index contributed by atoms with van der Waals surface area (Å²) in [5.41, 5.74) is 0.196. The lowest BCUT2D eigenvalue weighted by Crippen LogP contribution is -2.56. The van der Waals surface area contributed by atoms with Crippen LogP contribution in [0.5, 0.6) is 0 Å². The zero-order valence-electron chi connectivity index (χ0n) is 15.9. The summed E-state index contributed by atoms with van der Waals surface area (Å²) in [4.78, 5) is 30.5. The lowest BCUT2D eigenvalue weighted by atomic mass is 10.1. The molecule has 3 aromatic rings. The summed E-state index contributed by atoms with van der Waals surface area (Å²) in [7, 11) is 0. The Morgan fingerprint density at radius 2 is 1.40 bits per heavy atom. The molecule has 0 bridgehead atoms. The first kappa shape index (κ1) is 21.3. The van der Waals surface area contributed by atoms with Crippen molar-refractivity contribution < 1.29 is 14.3 Å². The summed E-state index contributed by atoms with van der Waals surface area (Å²) in [5, 5.41) is 5.58. The number of ether oxygens (including phenoxy) is 1. The lowest BCUT2D eigenvalue weighted by molar-refractivity contribution is -0.122. The number of rotatable bonds is 5. The minimum atomic E-state index is -1.58. The Morgan fingerprint density at radius 1 is 0.833 bits per heavy atom. The summed E-state index contributed by atoms with van der Waals surface area (Å²) in [6, 6.07) is 27.0. The van der Waals surface area contributed by atoms with Gasteiger partial charge in [0.15, 0.2) is 0 Å². The third-order valence-electron chi connectivity index (χ3n) is 4.49. The number of hydrogen-bond acceptors (Lipinski definition) is 4. The van der Waals surface area contributed by atoms with E-state index in [0.717, 1.165) is 5.56 Å². The lowest BCUT2D eigenvalue weighted by Gasteiger charge is -2.24. The molecule has 0 radical (unpaired) electrons. The maximum atomic E-state index is 13.2. The first-order valence-corrected chi connectivity index (χ1v) is 9.18. The van der Waals surface area contributed by atoms with Crippen molar-refractivity contribution in [2.45, 2.75) is 5.66 Å². The number of amides is 2. The summed E-state index contributed by atoms with van der Waals surface area (Å²) in [6.45, 7) is -0.103. The van der Waals surface area contributed by atoms with E-state index in [1.54, 1.807) is 36.4 Å². The number of carbonyl (C=O) groups excluding carboxylic acids is 2. The van der Waals surface area contributed by atoms with Gasteiger partial charge in [-0.3, -0.25) is 9.59 Å². The van der Waals surface area contributed by atoms with Crippen LogP contribution in [-0.2, 0) is 9.53 Å². The highest BCUT2D eigenvalue weighted by molar-refractivity contribution is 8.93. The monoisotopic (exact) mass is 465 g/mol. The van der Waals surface area contributed by atoms with E-state index < -0.39 is 17.5 Å². The van der Waals surface area contributed by atoms with Crippen molar-refractivity contribution >= 4 is 40.4 Å². The van der Waals surface area contributed by atoms with Crippen LogP contribution >= 0.6 is 17.0 Å². The summed E-state index contributed by atoms with van der Waals surface area (Å²) in [6.07, 6.45) is 0. The second-order valence-corrected chi connectivity index (χ2v) is 6.57. The van der Waals surface area contributed by atoms with Crippen molar-refractivity contribution in [2.24, 2.45) is 4.99 Å². The van der Waals surface area contributed by atoms with Crippen LogP contribution in [0.1, 0.15) is 15.9 Å². The molecule has 0 spiro atoms. The zero-order chi connectivity index (χ0) is 20.1. The van der Waals surface area contributed by atoms with Gasteiger partial charge in [0.25, 0.3) is 11.8 Å². The van der Waals surface area contributed by atoms with Crippen molar-refractivity contribution in [3.8, 4) is 0 Å². The van der Waals surface area contributed by atoms with Crippen LogP contribution < -0.4 is 10.6 Å². The van der Waals surface area contributed by atoms with Crippen LogP contribution in [0.25, 0.3) is 0 Å². The summed E-state index contributed by atoms with van der Waals surface area (Å²) < 4.78 is 5.73. The van der Waals surface area contributed by atoms with Crippen molar-refractivity contribution in [1.29, 1.82) is 0 Å². The summed E-state index contributed by atoms with van der Waals surface area (Å²) >= 11 is 0. The van der Waals surface area contributed by atoms with Crippen molar-refractivity contribution in [1.82, 2.24) is 5.32 Å². The van der Waals surface area contributed by atoms with Crippen molar-refractivity contribution in [3.63, 3.8) is 0 Å². The molecule has 1 unspecified atom stereocenters. The molecule has 2 N–H and O–H groups in total. The number of hydrogen-bond donors (Lipinski definition) is 2. The van der Waals surface area contributed by atoms with Gasteiger partial charge in [-0.1, -0.05) is 54.6 Å². The number of anilines is 1. The predicted octanol–water partition coefficient (Wildman–Crippen LogP) is 3.81. The van der Waals surface area contributed by atoms with Gasteiger partial charge in [-0.15, -0.1) is 17.0 Å². The molecule has 0 saturated carbocycles. The fourth-order valence-corrected chi connectivity index (χ4v) is 2.98. The van der Waals surface area contributed by atoms with Gasteiger partial charge in [0.1, 0.15) is 6.61 Å². The summed E-state index contributed by atoms with van der Waals surface area (Å²) in [5.74, 6) is -0.573. The Hall–Kier alpha value is -3.45. The molecule has 6 nitrogen and oxygen atoms in total. The van der Waals surface area contributed by atoms with Crippen LogP contribution in [0.4, 0.5) is 5.69 Å². The molecule has 30 heavy (non-hydrogen) atoms. The Labute approximate surface area is 184 Å². The van der Waals surface area contributed by atoms with E-state index in [0.29, 0.717) is 17.1 Å². The average molecular weight is 466 g/mol. The van der Waals surface area contributed by atoms with Crippen LogP contribution in [-0.4, -0.2) is 30.0 Å². The number of para-hydroxylation sites is 1. The Morgan fingerprint density at radius 3 is 2.03 bits per heavy atom. The quantitative estimate of drug-likeness (QED) is 0.601. The molecule has 0 aromatic heterocycles. The highest BCUT2D eigenvalue weighted by atomic mass is 79.9. The highest BCUT2D eigenvalue weighted by Crippen LogP contribution is 2.23. The molecule has 1 atom stereocenters. The molecule has 0 aliphatic carbocycles. The van der Waals surface area contributed by atoms with Gasteiger partial charge in [-0.25, -0.2) is 4.99 Å². The average Bonchev–Trinajstić information content (AvgIpc) is 3.21. The van der Waals surface area contributed by atoms with Gasteiger partial charge in [0, 0.05) is 16.8 Å². The molecule has 3 aromatic carbocycles. The highest BCUT2D eigenvalue weighted by Gasteiger charge is 2.46. The third kappa shape index (κ3) is 4.58. The van der Waals surface area contributed by atoms with Crippen LogP contribution in [0.2, 0.25) is 0 Å². The molecule has 1 heterocycles. The van der Waals surface area contributed by atoms with Crippen molar-refractivity contribution in [3.05, 3.63) is 102 Å². The maximum absolute atomic E-state index is 13.2. The molecule has 2 amide bonds. The normalized spacial score (nSPS) is 17.1. The molecule has 7 heteroatoms. The van der Waals surface area contributed by atoms with Gasteiger partial charge in [0.2, 0.25) is 11.6 Å². The SMILES string of the molecule is Br.O=C(NC1(C(=O)Nc2ccccc2)COC(c2ccccc2)=N1)c1ccccc1. The molecular weight excluding hydrogens is 446 g/mol. The number of halogens is 1. The maximum Gasteiger partial charge on any atom is 0.276 e. The number of nitrogens with one attached hydrogen (secondary N) is 2. The Kier molecular flexibility index (Phi) is 6.64. The second kappa shape index (κ2) is 9.37. The molecule has 152 valence electrons. The van der Waals surface area contributed by atoms with Gasteiger partial charge >= 0.3 is 0 Å². The van der Waals surface area contributed by atoms with E-state index in [9.17, 15) is 9.59 Å². The van der Waals surface area contributed by atoms with Crippen LogP contribution in [0.3, 0.4) is 0 Å². The van der Waals surface area contributed by atoms with Gasteiger partial charge in [-0.05, 0) is 36.4 Å². The minimum absolute atomic E-state index is 0. The number of benzene rings is 3. The Balaban J connectivity index is 0.00000256. The zero-order valence-corrected chi connectivity index (χ0v) is 17.7. The van der Waals surface area contributed by atoms with Crippen LogP contribution in [0, 0.1) is 0 Å². The molecule has 0 saturated heterocycles. The number of nitrogens with zero attached hydrogens (tertiary/aromatic N) is 1. The van der Waals surface area contributed by atoms with E-state index >= 15 is 0 Å². The number of carbonyl (C=O) groups is 2. The first-order valence-electron chi connectivity index (χ1n) is 9.18. The molecule has 0 fully saturated rings. The van der Waals surface area contributed by atoms with Crippen molar-refractivity contribution in [2.75, 3.05) is 11.9 Å². The standard InChI is InChI=1S/C23H19N3O3.BrH/c27-20(17-10-4-1-5-11-17)25-23(22(28)24-19-14-8-3-9-15-19)16-29-21(26-23)18-12-6-2-7-13-18;/h1-15H,16H2,(H,24,28)(H,25,27);1H. The molecule has 1 aliphatic rings. The van der Waals surface area contributed by atoms with E-state index in [2.05, 4.69) is 15.6 Å². The van der Waals surface area contributed by atoms with E-state index in [4.69, 9.17) is 4.74 Å².